The number of hydrogen-bond acceptors (Lipinski definition) is 5. The highest BCUT2D eigenvalue weighted by Gasteiger charge is 2.32. The third-order valence-electron chi connectivity index (χ3n) is 5.82. The third kappa shape index (κ3) is 5.68. The SMILES string of the molecule is CN(CC[C@@H](C(=O)O)N(C)C(=O)OCC1c2ccccc2-c2ccccc21)C(=O)OC(C)(C)C. The second-order valence-electron chi connectivity index (χ2n) is 9.46. The number of fused-ring (bicyclic) bond motifs is 3. The number of aliphatic carboxylic acids is 1. The standard InChI is InChI=1S/C26H32N2O6/c1-26(2,3)34-24(31)27(4)15-14-22(23(29)30)28(5)25(32)33-16-21-19-12-8-6-10-17(19)18-11-7-9-13-20(18)21/h6-13,21-22H,14-16H2,1-5H3,(H,29,30)/t22-/m0/s1. The van der Waals surface area contributed by atoms with Crippen molar-refractivity contribution in [2.75, 3.05) is 27.2 Å². The lowest BCUT2D eigenvalue weighted by Crippen LogP contribution is -2.45. The number of carbonyl (C=O) groups is 3. The van der Waals surface area contributed by atoms with Gasteiger partial charge in [-0.2, -0.15) is 0 Å². The van der Waals surface area contributed by atoms with Crippen LogP contribution < -0.4 is 0 Å². The Bertz CT molecular complexity index is 1020. The van der Waals surface area contributed by atoms with E-state index in [2.05, 4.69) is 0 Å². The molecule has 0 saturated heterocycles. The van der Waals surface area contributed by atoms with E-state index in [1.807, 2.05) is 48.5 Å². The van der Waals surface area contributed by atoms with Crippen molar-refractivity contribution in [2.45, 2.75) is 44.8 Å². The molecular formula is C26H32N2O6. The van der Waals surface area contributed by atoms with Crippen LogP contribution in [-0.4, -0.2) is 72.0 Å². The molecular weight excluding hydrogens is 436 g/mol. The van der Waals surface area contributed by atoms with Crippen LogP contribution in [0.4, 0.5) is 9.59 Å². The monoisotopic (exact) mass is 468 g/mol. The minimum atomic E-state index is -1.17. The molecule has 0 saturated carbocycles. The van der Waals surface area contributed by atoms with Crippen molar-refractivity contribution in [2.24, 2.45) is 0 Å². The number of likely N-dealkylation sites (N-methyl/N-ethyl adjacent to an activating group) is 1. The fourth-order valence-corrected chi connectivity index (χ4v) is 4.05. The Morgan fingerprint density at radius 1 is 0.941 bits per heavy atom. The molecule has 1 atom stereocenters. The summed E-state index contributed by atoms with van der Waals surface area (Å²) >= 11 is 0. The van der Waals surface area contributed by atoms with Gasteiger partial charge in [0.1, 0.15) is 18.2 Å². The molecule has 8 heteroatoms. The van der Waals surface area contributed by atoms with E-state index in [0.717, 1.165) is 27.2 Å². The van der Waals surface area contributed by atoms with E-state index in [0.29, 0.717) is 0 Å². The van der Waals surface area contributed by atoms with E-state index in [9.17, 15) is 19.5 Å². The summed E-state index contributed by atoms with van der Waals surface area (Å²) in [7, 11) is 2.92. The van der Waals surface area contributed by atoms with Crippen LogP contribution in [0, 0.1) is 0 Å². The van der Waals surface area contributed by atoms with E-state index in [4.69, 9.17) is 9.47 Å². The van der Waals surface area contributed by atoms with Gasteiger partial charge >= 0.3 is 18.2 Å². The molecule has 2 aromatic rings. The number of hydrogen-bond donors (Lipinski definition) is 1. The first-order chi connectivity index (χ1) is 16.0. The number of benzene rings is 2. The van der Waals surface area contributed by atoms with Gasteiger partial charge in [-0.05, 0) is 49.4 Å². The fourth-order valence-electron chi connectivity index (χ4n) is 4.05. The lowest BCUT2D eigenvalue weighted by atomic mass is 9.98. The lowest BCUT2D eigenvalue weighted by molar-refractivity contribution is -0.142. The summed E-state index contributed by atoms with van der Waals surface area (Å²) in [5, 5.41) is 9.69. The Labute approximate surface area is 200 Å². The summed E-state index contributed by atoms with van der Waals surface area (Å²) < 4.78 is 10.9. The zero-order valence-electron chi connectivity index (χ0n) is 20.3. The number of carbonyl (C=O) groups excluding carboxylic acids is 2. The zero-order chi connectivity index (χ0) is 25.0. The van der Waals surface area contributed by atoms with Crippen LogP contribution in [0.25, 0.3) is 11.1 Å². The topological polar surface area (TPSA) is 96.4 Å². The Morgan fingerprint density at radius 3 is 1.97 bits per heavy atom. The molecule has 2 aromatic carbocycles. The minimum absolute atomic E-state index is 0.0335. The highest BCUT2D eigenvalue weighted by atomic mass is 16.6. The molecule has 0 fully saturated rings. The number of carboxylic acids is 1. The van der Waals surface area contributed by atoms with Gasteiger partial charge in [0.2, 0.25) is 0 Å². The van der Waals surface area contributed by atoms with Gasteiger partial charge in [0.25, 0.3) is 0 Å². The molecule has 1 aliphatic rings. The number of nitrogens with zero attached hydrogens (tertiary/aromatic N) is 2. The number of amides is 2. The fraction of sp³-hybridized carbons (Fsp3) is 0.423. The lowest BCUT2D eigenvalue weighted by Gasteiger charge is -2.28. The van der Waals surface area contributed by atoms with Crippen molar-refractivity contribution < 1.29 is 29.0 Å². The van der Waals surface area contributed by atoms with Gasteiger partial charge in [-0.15, -0.1) is 0 Å². The molecule has 0 aromatic heterocycles. The van der Waals surface area contributed by atoms with Crippen LogP contribution in [0.3, 0.4) is 0 Å². The quantitative estimate of drug-likeness (QED) is 0.639. The summed E-state index contributed by atoms with van der Waals surface area (Å²) in [5.74, 6) is -1.29. The van der Waals surface area contributed by atoms with Crippen LogP contribution in [-0.2, 0) is 14.3 Å². The molecule has 0 bridgehead atoms. The van der Waals surface area contributed by atoms with E-state index < -0.39 is 29.8 Å². The normalized spacial score (nSPS) is 13.4. The molecule has 2 amide bonds. The summed E-state index contributed by atoms with van der Waals surface area (Å²) in [6.07, 6.45) is -1.25. The van der Waals surface area contributed by atoms with Crippen LogP contribution in [0.5, 0.6) is 0 Å². The molecule has 0 unspecified atom stereocenters. The minimum Gasteiger partial charge on any atom is -0.480 e. The second kappa shape index (κ2) is 10.2. The number of rotatable bonds is 7. The first-order valence-electron chi connectivity index (χ1n) is 11.2. The maximum Gasteiger partial charge on any atom is 0.410 e. The molecule has 0 radical (unpaired) electrons. The highest BCUT2D eigenvalue weighted by molar-refractivity contribution is 5.81. The van der Waals surface area contributed by atoms with E-state index >= 15 is 0 Å². The van der Waals surface area contributed by atoms with Crippen molar-refractivity contribution in [3.8, 4) is 11.1 Å². The Morgan fingerprint density at radius 2 is 1.47 bits per heavy atom. The van der Waals surface area contributed by atoms with Gasteiger partial charge in [-0.3, -0.25) is 4.90 Å². The van der Waals surface area contributed by atoms with Gasteiger partial charge in [-0.25, -0.2) is 14.4 Å². The Kier molecular flexibility index (Phi) is 7.49. The number of ether oxygens (including phenoxy) is 2. The third-order valence-corrected chi connectivity index (χ3v) is 5.82. The predicted molar refractivity (Wildman–Crippen MR) is 128 cm³/mol. The van der Waals surface area contributed by atoms with Crippen molar-refractivity contribution in [3.05, 3.63) is 59.7 Å². The molecule has 0 aliphatic heterocycles. The molecule has 0 spiro atoms. The largest absolute Gasteiger partial charge is 0.480 e. The summed E-state index contributed by atoms with van der Waals surface area (Å²) in [5.41, 5.74) is 3.72. The summed E-state index contributed by atoms with van der Waals surface area (Å²) in [6, 6.07) is 14.8. The smallest absolute Gasteiger partial charge is 0.410 e. The van der Waals surface area contributed by atoms with Crippen molar-refractivity contribution >= 4 is 18.2 Å². The van der Waals surface area contributed by atoms with E-state index in [1.54, 1.807) is 20.8 Å². The summed E-state index contributed by atoms with van der Waals surface area (Å²) in [6.45, 7) is 5.46. The van der Waals surface area contributed by atoms with Gasteiger partial charge in [-0.1, -0.05) is 48.5 Å². The summed E-state index contributed by atoms with van der Waals surface area (Å²) in [4.78, 5) is 39.1. The maximum absolute atomic E-state index is 12.8. The van der Waals surface area contributed by atoms with Crippen molar-refractivity contribution in [1.82, 2.24) is 9.80 Å². The molecule has 182 valence electrons. The average molecular weight is 469 g/mol. The van der Waals surface area contributed by atoms with Crippen LogP contribution in [0.15, 0.2) is 48.5 Å². The van der Waals surface area contributed by atoms with Crippen LogP contribution in [0.2, 0.25) is 0 Å². The van der Waals surface area contributed by atoms with Crippen molar-refractivity contribution in [3.63, 3.8) is 0 Å². The average Bonchev–Trinajstić information content (AvgIpc) is 3.09. The molecule has 1 N–H and O–H groups in total. The van der Waals surface area contributed by atoms with Crippen molar-refractivity contribution in [1.29, 1.82) is 0 Å². The molecule has 3 rings (SSSR count). The Hall–Kier alpha value is -3.55. The maximum atomic E-state index is 12.8. The van der Waals surface area contributed by atoms with Gasteiger partial charge < -0.3 is 19.5 Å². The Balaban J connectivity index is 1.62. The van der Waals surface area contributed by atoms with E-state index in [1.165, 1.54) is 19.0 Å². The molecule has 8 nitrogen and oxygen atoms in total. The highest BCUT2D eigenvalue weighted by Crippen LogP contribution is 2.44. The molecule has 34 heavy (non-hydrogen) atoms. The second-order valence-corrected chi connectivity index (χ2v) is 9.46. The van der Waals surface area contributed by atoms with Gasteiger partial charge in [0, 0.05) is 26.6 Å². The molecule has 1 aliphatic carbocycles. The van der Waals surface area contributed by atoms with Crippen LogP contribution >= 0.6 is 0 Å². The van der Waals surface area contributed by atoms with Gasteiger partial charge in [0.05, 0.1) is 0 Å². The first kappa shape index (κ1) is 25.1. The number of carboxylic acid groups (broad SMARTS) is 1. The van der Waals surface area contributed by atoms with E-state index in [-0.39, 0.29) is 25.5 Å². The first-order valence-corrected chi connectivity index (χ1v) is 11.2. The molecule has 0 heterocycles. The zero-order valence-corrected chi connectivity index (χ0v) is 20.3. The predicted octanol–water partition coefficient (Wildman–Crippen LogP) is 4.58. The van der Waals surface area contributed by atoms with Gasteiger partial charge in [0.15, 0.2) is 0 Å². The van der Waals surface area contributed by atoms with Crippen LogP contribution in [0.1, 0.15) is 44.2 Å².